The maximum atomic E-state index is 13.5. The molecule has 1 fully saturated rings. The third-order valence-electron chi connectivity index (χ3n) is 4.70. The minimum Gasteiger partial charge on any atom is -0.326 e. The van der Waals surface area contributed by atoms with Gasteiger partial charge in [-0.2, -0.15) is 0 Å². The zero-order valence-electron chi connectivity index (χ0n) is 12.7. The van der Waals surface area contributed by atoms with Crippen molar-refractivity contribution in [2.45, 2.75) is 58.2 Å². The lowest BCUT2D eigenvalue weighted by molar-refractivity contribution is 0.157. The van der Waals surface area contributed by atoms with E-state index in [0.717, 1.165) is 23.6 Å². The van der Waals surface area contributed by atoms with Gasteiger partial charge in [-0.1, -0.05) is 19.4 Å². The Balaban J connectivity index is 1.94. The smallest absolute Gasteiger partial charge is 0.123 e. The lowest BCUT2D eigenvalue weighted by atomic mass is 9.84. The monoisotopic (exact) mass is 278 g/mol. The molecule has 2 nitrogen and oxygen atoms in total. The van der Waals surface area contributed by atoms with Gasteiger partial charge in [0, 0.05) is 19.1 Å². The van der Waals surface area contributed by atoms with E-state index in [4.69, 9.17) is 5.73 Å². The van der Waals surface area contributed by atoms with Crippen LogP contribution in [-0.2, 0) is 13.1 Å². The van der Waals surface area contributed by atoms with Crippen LogP contribution in [0.25, 0.3) is 0 Å². The van der Waals surface area contributed by atoms with Crippen LogP contribution in [0.4, 0.5) is 4.39 Å². The van der Waals surface area contributed by atoms with Crippen LogP contribution in [0.2, 0.25) is 0 Å². The van der Waals surface area contributed by atoms with Gasteiger partial charge in [0.2, 0.25) is 0 Å². The molecule has 0 heterocycles. The molecule has 0 aromatic heterocycles. The summed E-state index contributed by atoms with van der Waals surface area (Å²) >= 11 is 0. The molecule has 1 aliphatic rings. The van der Waals surface area contributed by atoms with E-state index in [1.54, 1.807) is 6.07 Å². The van der Waals surface area contributed by atoms with E-state index in [-0.39, 0.29) is 5.82 Å². The van der Waals surface area contributed by atoms with Gasteiger partial charge in [0.25, 0.3) is 0 Å². The van der Waals surface area contributed by atoms with E-state index >= 15 is 0 Å². The molecule has 20 heavy (non-hydrogen) atoms. The van der Waals surface area contributed by atoms with Crippen LogP contribution in [0.3, 0.4) is 0 Å². The minimum absolute atomic E-state index is 0.175. The minimum atomic E-state index is -0.175. The Morgan fingerprint density at radius 1 is 1.15 bits per heavy atom. The number of halogens is 1. The molecule has 0 amide bonds. The molecule has 0 unspecified atom stereocenters. The average Bonchev–Trinajstić information content (AvgIpc) is 2.46. The molecule has 0 bridgehead atoms. The summed E-state index contributed by atoms with van der Waals surface area (Å²) in [5, 5.41) is 0. The highest BCUT2D eigenvalue weighted by Crippen LogP contribution is 2.29. The second-order valence-electron chi connectivity index (χ2n) is 6.17. The van der Waals surface area contributed by atoms with Crippen molar-refractivity contribution in [3.8, 4) is 0 Å². The fourth-order valence-corrected chi connectivity index (χ4v) is 3.34. The molecular formula is C17H27FN2. The standard InChI is InChI=1S/C17H27FN2/c1-3-13-4-6-17(7-5-13)20(2)12-15-8-14(11-19)9-16(18)10-15/h8-10,13,17H,3-7,11-12,19H2,1-2H3. The van der Waals surface area contributed by atoms with Crippen LogP contribution in [0, 0.1) is 11.7 Å². The lowest BCUT2D eigenvalue weighted by Gasteiger charge is -2.34. The predicted molar refractivity (Wildman–Crippen MR) is 81.8 cm³/mol. The second kappa shape index (κ2) is 7.19. The van der Waals surface area contributed by atoms with E-state index < -0.39 is 0 Å². The first kappa shape index (κ1) is 15.5. The normalized spacial score (nSPS) is 23.2. The number of hydrogen-bond acceptors (Lipinski definition) is 2. The van der Waals surface area contributed by atoms with E-state index in [1.165, 1.54) is 38.2 Å². The van der Waals surface area contributed by atoms with Crippen LogP contribution in [0.15, 0.2) is 18.2 Å². The van der Waals surface area contributed by atoms with E-state index in [0.29, 0.717) is 12.6 Å². The quantitative estimate of drug-likeness (QED) is 0.890. The van der Waals surface area contributed by atoms with Gasteiger partial charge in [-0.25, -0.2) is 4.39 Å². The van der Waals surface area contributed by atoms with Crippen LogP contribution >= 0.6 is 0 Å². The Morgan fingerprint density at radius 2 is 1.80 bits per heavy atom. The van der Waals surface area contributed by atoms with Crippen molar-refractivity contribution in [2.24, 2.45) is 11.7 Å². The first-order valence-corrected chi connectivity index (χ1v) is 7.81. The Morgan fingerprint density at radius 3 is 2.40 bits per heavy atom. The summed E-state index contributed by atoms with van der Waals surface area (Å²) in [4.78, 5) is 2.38. The highest BCUT2D eigenvalue weighted by molar-refractivity contribution is 5.24. The van der Waals surface area contributed by atoms with Gasteiger partial charge >= 0.3 is 0 Å². The molecule has 0 spiro atoms. The molecule has 0 atom stereocenters. The van der Waals surface area contributed by atoms with Crippen molar-refractivity contribution in [2.75, 3.05) is 7.05 Å². The van der Waals surface area contributed by atoms with Crippen molar-refractivity contribution in [3.63, 3.8) is 0 Å². The zero-order valence-corrected chi connectivity index (χ0v) is 12.7. The molecule has 0 radical (unpaired) electrons. The number of nitrogens with two attached hydrogens (primary N) is 1. The summed E-state index contributed by atoms with van der Waals surface area (Å²) in [6, 6.07) is 5.82. The zero-order chi connectivity index (χ0) is 14.5. The van der Waals surface area contributed by atoms with Gasteiger partial charge in [0.05, 0.1) is 0 Å². The first-order valence-electron chi connectivity index (χ1n) is 7.81. The van der Waals surface area contributed by atoms with Crippen molar-refractivity contribution in [1.29, 1.82) is 0 Å². The number of benzene rings is 1. The Kier molecular flexibility index (Phi) is 5.55. The fourth-order valence-electron chi connectivity index (χ4n) is 3.34. The number of nitrogens with zero attached hydrogens (tertiary/aromatic N) is 1. The van der Waals surface area contributed by atoms with Crippen LogP contribution in [-0.4, -0.2) is 18.0 Å². The summed E-state index contributed by atoms with van der Waals surface area (Å²) in [5.41, 5.74) is 7.52. The van der Waals surface area contributed by atoms with E-state index in [9.17, 15) is 4.39 Å². The van der Waals surface area contributed by atoms with Crippen molar-refractivity contribution in [3.05, 3.63) is 35.1 Å². The van der Waals surface area contributed by atoms with Crippen molar-refractivity contribution in [1.82, 2.24) is 4.90 Å². The molecule has 1 aliphatic carbocycles. The van der Waals surface area contributed by atoms with Crippen LogP contribution < -0.4 is 5.73 Å². The molecule has 2 N–H and O–H groups in total. The maximum absolute atomic E-state index is 13.5. The highest BCUT2D eigenvalue weighted by Gasteiger charge is 2.23. The highest BCUT2D eigenvalue weighted by atomic mass is 19.1. The summed E-state index contributed by atoms with van der Waals surface area (Å²) in [6.07, 6.45) is 6.52. The fraction of sp³-hybridized carbons (Fsp3) is 0.647. The average molecular weight is 278 g/mol. The molecule has 1 aromatic carbocycles. The first-order chi connectivity index (χ1) is 9.62. The lowest BCUT2D eigenvalue weighted by Crippen LogP contribution is -2.34. The summed E-state index contributed by atoms with van der Waals surface area (Å²) in [6.45, 7) is 3.50. The third kappa shape index (κ3) is 4.03. The molecule has 112 valence electrons. The molecule has 1 aromatic rings. The topological polar surface area (TPSA) is 29.3 Å². The summed E-state index contributed by atoms with van der Waals surface area (Å²) < 4.78 is 13.5. The Bertz CT molecular complexity index is 425. The van der Waals surface area contributed by atoms with Gasteiger partial charge in [-0.15, -0.1) is 0 Å². The second-order valence-corrected chi connectivity index (χ2v) is 6.17. The molecular weight excluding hydrogens is 251 g/mol. The molecule has 2 rings (SSSR count). The van der Waals surface area contributed by atoms with Crippen LogP contribution in [0.5, 0.6) is 0 Å². The Hall–Kier alpha value is -0.930. The van der Waals surface area contributed by atoms with Crippen molar-refractivity contribution < 1.29 is 4.39 Å². The number of hydrogen-bond donors (Lipinski definition) is 1. The maximum Gasteiger partial charge on any atom is 0.123 e. The molecule has 0 aliphatic heterocycles. The molecule has 0 saturated heterocycles. The van der Waals surface area contributed by atoms with Crippen molar-refractivity contribution >= 4 is 0 Å². The van der Waals surface area contributed by atoms with E-state index in [1.807, 2.05) is 6.07 Å². The van der Waals surface area contributed by atoms with E-state index in [2.05, 4.69) is 18.9 Å². The molecule has 3 heteroatoms. The van der Waals surface area contributed by atoms with Crippen LogP contribution in [0.1, 0.15) is 50.2 Å². The van der Waals surface area contributed by atoms with Gasteiger partial charge in [-0.3, -0.25) is 4.90 Å². The Labute approximate surface area is 122 Å². The third-order valence-corrected chi connectivity index (χ3v) is 4.70. The number of rotatable bonds is 5. The van der Waals surface area contributed by atoms with Gasteiger partial charge in [0.1, 0.15) is 5.82 Å². The predicted octanol–water partition coefficient (Wildman–Crippen LogP) is 3.69. The van der Waals surface area contributed by atoms with Gasteiger partial charge in [-0.05, 0) is 61.9 Å². The summed E-state index contributed by atoms with van der Waals surface area (Å²) in [5.74, 6) is 0.740. The molecule has 1 saturated carbocycles. The largest absolute Gasteiger partial charge is 0.326 e. The van der Waals surface area contributed by atoms with Gasteiger partial charge in [0.15, 0.2) is 0 Å². The SMILES string of the molecule is CCC1CCC(N(C)Cc2cc(F)cc(CN)c2)CC1. The summed E-state index contributed by atoms with van der Waals surface area (Å²) in [7, 11) is 2.16. The van der Waals surface area contributed by atoms with Gasteiger partial charge < -0.3 is 5.73 Å².